The van der Waals surface area contributed by atoms with Crippen molar-refractivity contribution in [3.05, 3.63) is 0 Å². The summed E-state index contributed by atoms with van der Waals surface area (Å²) in [5.74, 6) is -1.39. The molecule has 1 unspecified atom stereocenters. The lowest BCUT2D eigenvalue weighted by molar-refractivity contribution is -0.148. The van der Waals surface area contributed by atoms with Crippen molar-refractivity contribution in [3.8, 4) is 0 Å². The maximum atomic E-state index is 12.0. The second-order valence-corrected chi connectivity index (χ2v) is 4.72. The largest absolute Gasteiger partial charge is 0.479 e. The minimum absolute atomic E-state index is 0.154. The van der Waals surface area contributed by atoms with Crippen molar-refractivity contribution in [1.82, 2.24) is 15.5 Å². The van der Waals surface area contributed by atoms with Crippen LogP contribution in [-0.4, -0.2) is 66.3 Å². The summed E-state index contributed by atoms with van der Waals surface area (Å²) in [4.78, 5) is 35.8. The predicted octanol–water partition coefficient (Wildman–Crippen LogP) is -0.994. The van der Waals surface area contributed by atoms with Crippen LogP contribution in [-0.2, 0) is 14.3 Å². The summed E-state index contributed by atoms with van der Waals surface area (Å²) in [5.41, 5.74) is -0.964. The van der Waals surface area contributed by atoms with Gasteiger partial charge in [0.25, 0.3) is 0 Å². The Morgan fingerprint density at radius 3 is 2.74 bits per heavy atom. The molecule has 0 aromatic carbocycles. The number of carboxylic acids is 1. The van der Waals surface area contributed by atoms with Crippen molar-refractivity contribution in [2.75, 3.05) is 26.7 Å². The quantitative estimate of drug-likeness (QED) is 0.609. The third-order valence-electron chi connectivity index (χ3n) is 3.10. The second-order valence-electron chi connectivity index (χ2n) is 4.72. The maximum absolute atomic E-state index is 12.0. The molecule has 0 saturated carbocycles. The van der Waals surface area contributed by atoms with Gasteiger partial charge in [0, 0.05) is 20.2 Å². The molecule has 1 rings (SSSR count). The molecule has 0 radical (unpaired) electrons. The van der Waals surface area contributed by atoms with Crippen LogP contribution >= 0.6 is 0 Å². The van der Waals surface area contributed by atoms with Gasteiger partial charge in [0.2, 0.25) is 5.91 Å². The second kappa shape index (κ2) is 5.87. The lowest BCUT2D eigenvalue weighted by atomic mass is 9.99. The molecule has 3 N–H and O–H groups in total. The minimum Gasteiger partial charge on any atom is -0.479 e. The Morgan fingerprint density at radius 2 is 2.21 bits per heavy atom. The van der Waals surface area contributed by atoms with Crippen molar-refractivity contribution >= 4 is 17.9 Å². The topological polar surface area (TPSA) is 108 Å². The minimum atomic E-state index is -1.15. The van der Waals surface area contributed by atoms with Gasteiger partial charge in [0.1, 0.15) is 5.54 Å². The molecule has 0 spiro atoms. The number of hydrogen-bond donors (Lipinski definition) is 3. The van der Waals surface area contributed by atoms with Crippen molar-refractivity contribution in [1.29, 1.82) is 0 Å². The van der Waals surface area contributed by atoms with Crippen molar-refractivity contribution in [2.45, 2.75) is 25.5 Å². The predicted molar refractivity (Wildman–Crippen MR) is 65.6 cm³/mol. The third kappa shape index (κ3) is 3.34. The van der Waals surface area contributed by atoms with Crippen LogP contribution in [0.4, 0.5) is 4.79 Å². The van der Waals surface area contributed by atoms with E-state index in [1.165, 1.54) is 12.0 Å². The van der Waals surface area contributed by atoms with Gasteiger partial charge in [-0.15, -0.1) is 0 Å². The Morgan fingerprint density at radius 1 is 1.58 bits per heavy atom. The Balaban J connectivity index is 2.62. The van der Waals surface area contributed by atoms with Crippen LogP contribution < -0.4 is 10.6 Å². The van der Waals surface area contributed by atoms with Crippen LogP contribution in [0.15, 0.2) is 0 Å². The molecule has 0 aliphatic carbocycles. The first kappa shape index (κ1) is 15.2. The number of nitrogens with one attached hydrogen (secondary N) is 2. The Labute approximate surface area is 111 Å². The van der Waals surface area contributed by atoms with E-state index in [2.05, 4.69) is 10.6 Å². The van der Waals surface area contributed by atoms with Gasteiger partial charge in [0.15, 0.2) is 6.10 Å². The Kier molecular flexibility index (Phi) is 4.71. The zero-order valence-corrected chi connectivity index (χ0v) is 11.2. The molecular weight excluding hydrogens is 254 g/mol. The molecule has 19 heavy (non-hydrogen) atoms. The Bertz CT molecular complexity index is 383. The van der Waals surface area contributed by atoms with Gasteiger partial charge >= 0.3 is 12.0 Å². The van der Waals surface area contributed by atoms with E-state index in [-0.39, 0.29) is 12.5 Å². The van der Waals surface area contributed by atoms with Crippen LogP contribution in [0.3, 0.4) is 0 Å². The number of nitrogens with zero attached hydrogens (tertiary/aromatic N) is 1. The van der Waals surface area contributed by atoms with E-state index in [0.717, 1.165) is 0 Å². The number of amides is 3. The molecule has 1 aliphatic rings. The van der Waals surface area contributed by atoms with Gasteiger partial charge in [-0.25, -0.2) is 9.59 Å². The smallest absolute Gasteiger partial charge is 0.334 e. The number of carboxylic acid groups (broad SMARTS) is 1. The van der Waals surface area contributed by atoms with E-state index in [1.54, 1.807) is 13.8 Å². The first-order chi connectivity index (χ1) is 8.80. The molecule has 108 valence electrons. The number of carbonyl (C=O) groups is 3. The number of piperazine rings is 1. The first-order valence-corrected chi connectivity index (χ1v) is 5.90. The molecule has 1 fully saturated rings. The highest BCUT2D eigenvalue weighted by Gasteiger charge is 2.40. The molecule has 0 aromatic rings. The van der Waals surface area contributed by atoms with E-state index in [0.29, 0.717) is 13.1 Å². The van der Waals surface area contributed by atoms with Crippen LogP contribution in [0.1, 0.15) is 13.8 Å². The molecule has 8 heteroatoms. The fourth-order valence-electron chi connectivity index (χ4n) is 1.80. The molecule has 8 nitrogen and oxygen atoms in total. The van der Waals surface area contributed by atoms with E-state index in [9.17, 15) is 14.4 Å². The van der Waals surface area contributed by atoms with Gasteiger partial charge in [-0.05, 0) is 13.8 Å². The average Bonchev–Trinajstić information content (AvgIpc) is 2.32. The summed E-state index contributed by atoms with van der Waals surface area (Å²) < 4.78 is 4.71. The number of ether oxygens (including phenoxy) is 1. The van der Waals surface area contributed by atoms with Gasteiger partial charge in [-0.2, -0.15) is 0 Å². The van der Waals surface area contributed by atoms with Crippen LogP contribution in [0, 0.1) is 0 Å². The highest BCUT2D eigenvalue weighted by atomic mass is 16.5. The molecule has 1 heterocycles. The first-order valence-electron chi connectivity index (χ1n) is 5.90. The number of rotatable bonds is 4. The molecular formula is C11H19N3O5. The summed E-state index contributed by atoms with van der Waals surface area (Å²) in [6.07, 6.45) is -1.11. The normalized spacial score (nSPS) is 19.5. The van der Waals surface area contributed by atoms with E-state index >= 15 is 0 Å². The van der Waals surface area contributed by atoms with Gasteiger partial charge < -0.3 is 25.4 Å². The SMILES string of the molecule is COC(CNC(=O)N1CCNC(=O)C1(C)C)C(=O)O. The van der Waals surface area contributed by atoms with Crippen LogP contribution in [0.5, 0.6) is 0 Å². The van der Waals surface area contributed by atoms with Crippen molar-refractivity contribution in [2.24, 2.45) is 0 Å². The summed E-state index contributed by atoms with van der Waals surface area (Å²) >= 11 is 0. The number of aliphatic carboxylic acids is 1. The number of methoxy groups -OCH3 is 1. The fraction of sp³-hybridized carbons (Fsp3) is 0.727. The zero-order chi connectivity index (χ0) is 14.6. The fourth-order valence-corrected chi connectivity index (χ4v) is 1.80. The monoisotopic (exact) mass is 273 g/mol. The summed E-state index contributed by atoms with van der Waals surface area (Å²) in [7, 11) is 1.25. The van der Waals surface area contributed by atoms with Gasteiger partial charge in [-0.3, -0.25) is 4.79 Å². The molecule has 3 amide bonds. The molecule has 1 saturated heterocycles. The lowest BCUT2D eigenvalue weighted by Crippen LogP contribution is -2.65. The third-order valence-corrected chi connectivity index (χ3v) is 3.10. The van der Waals surface area contributed by atoms with Crippen molar-refractivity contribution in [3.63, 3.8) is 0 Å². The highest BCUT2D eigenvalue weighted by molar-refractivity contribution is 5.91. The highest BCUT2D eigenvalue weighted by Crippen LogP contribution is 2.17. The van der Waals surface area contributed by atoms with Crippen molar-refractivity contribution < 1.29 is 24.2 Å². The van der Waals surface area contributed by atoms with Gasteiger partial charge in [-0.1, -0.05) is 0 Å². The van der Waals surface area contributed by atoms with E-state index in [4.69, 9.17) is 9.84 Å². The Hall–Kier alpha value is -1.83. The molecule has 0 bridgehead atoms. The maximum Gasteiger partial charge on any atom is 0.334 e. The number of hydrogen-bond acceptors (Lipinski definition) is 4. The molecule has 0 aromatic heterocycles. The average molecular weight is 273 g/mol. The number of urea groups is 1. The molecule has 1 atom stereocenters. The van der Waals surface area contributed by atoms with Crippen LogP contribution in [0.25, 0.3) is 0 Å². The standard InChI is InChI=1S/C11H19N3O5/c1-11(2)9(17)12-4-5-14(11)10(18)13-6-7(19-3)8(15)16/h7H,4-6H2,1-3H3,(H,12,17)(H,13,18)(H,15,16). The van der Waals surface area contributed by atoms with Crippen LogP contribution in [0.2, 0.25) is 0 Å². The van der Waals surface area contributed by atoms with E-state index in [1.807, 2.05) is 0 Å². The zero-order valence-electron chi connectivity index (χ0n) is 11.2. The van der Waals surface area contributed by atoms with Gasteiger partial charge in [0.05, 0.1) is 6.54 Å². The van der Waals surface area contributed by atoms with E-state index < -0.39 is 23.6 Å². The number of carbonyl (C=O) groups excluding carboxylic acids is 2. The molecule has 1 aliphatic heterocycles. The summed E-state index contributed by atoms with van der Waals surface area (Å²) in [5, 5.41) is 13.9. The lowest BCUT2D eigenvalue weighted by Gasteiger charge is -2.41. The summed E-state index contributed by atoms with van der Waals surface area (Å²) in [6, 6.07) is -0.483. The summed E-state index contributed by atoms with van der Waals surface area (Å²) in [6.45, 7) is 3.86.